The second-order valence-electron chi connectivity index (χ2n) is 5.83. The SMILES string of the molecule is CCOCCNC(=O)CN1CCNCC1c1ccc(CC)cc1.Cl. The van der Waals surface area contributed by atoms with Gasteiger partial charge in [-0.1, -0.05) is 31.2 Å². The molecule has 0 saturated carbocycles. The molecular formula is C18H30ClN3O2. The molecule has 1 unspecified atom stereocenters. The maximum Gasteiger partial charge on any atom is 0.234 e. The van der Waals surface area contributed by atoms with Crippen molar-refractivity contribution in [3.8, 4) is 0 Å². The van der Waals surface area contributed by atoms with Gasteiger partial charge in [-0.3, -0.25) is 9.69 Å². The third kappa shape index (κ3) is 6.40. The molecule has 0 bridgehead atoms. The van der Waals surface area contributed by atoms with Gasteiger partial charge in [0, 0.05) is 38.8 Å². The molecule has 1 atom stereocenters. The molecule has 1 aromatic rings. The van der Waals surface area contributed by atoms with Gasteiger partial charge in [-0.05, 0) is 24.5 Å². The number of carbonyl (C=O) groups is 1. The Morgan fingerprint density at radius 3 is 2.75 bits per heavy atom. The maximum absolute atomic E-state index is 12.1. The lowest BCUT2D eigenvalue weighted by Crippen LogP contribution is -2.49. The molecular weight excluding hydrogens is 326 g/mol. The monoisotopic (exact) mass is 355 g/mol. The smallest absolute Gasteiger partial charge is 0.234 e. The van der Waals surface area contributed by atoms with Crippen molar-refractivity contribution >= 4 is 18.3 Å². The van der Waals surface area contributed by atoms with Gasteiger partial charge in [-0.15, -0.1) is 12.4 Å². The van der Waals surface area contributed by atoms with Gasteiger partial charge in [-0.25, -0.2) is 0 Å². The highest BCUT2D eigenvalue weighted by Gasteiger charge is 2.25. The van der Waals surface area contributed by atoms with Gasteiger partial charge in [-0.2, -0.15) is 0 Å². The first-order valence-corrected chi connectivity index (χ1v) is 8.62. The zero-order valence-electron chi connectivity index (χ0n) is 14.7. The lowest BCUT2D eigenvalue weighted by Gasteiger charge is -2.36. The van der Waals surface area contributed by atoms with E-state index in [0.717, 1.165) is 26.1 Å². The first-order valence-electron chi connectivity index (χ1n) is 8.62. The van der Waals surface area contributed by atoms with Crippen LogP contribution in [0.2, 0.25) is 0 Å². The van der Waals surface area contributed by atoms with Crippen LogP contribution in [0.15, 0.2) is 24.3 Å². The van der Waals surface area contributed by atoms with E-state index in [2.05, 4.69) is 46.7 Å². The molecule has 0 aliphatic carbocycles. The van der Waals surface area contributed by atoms with Crippen molar-refractivity contribution in [1.29, 1.82) is 0 Å². The number of halogens is 1. The number of aryl methyl sites for hydroxylation is 1. The summed E-state index contributed by atoms with van der Waals surface area (Å²) in [4.78, 5) is 14.4. The van der Waals surface area contributed by atoms with E-state index >= 15 is 0 Å². The average Bonchev–Trinajstić information content (AvgIpc) is 2.59. The van der Waals surface area contributed by atoms with Crippen LogP contribution in [0.25, 0.3) is 0 Å². The highest BCUT2D eigenvalue weighted by molar-refractivity contribution is 5.85. The number of nitrogens with one attached hydrogen (secondary N) is 2. The van der Waals surface area contributed by atoms with Crippen LogP contribution in [-0.4, -0.2) is 56.7 Å². The topological polar surface area (TPSA) is 53.6 Å². The standard InChI is InChI=1S/C18H29N3O2.ClH/c1-3-15-5-7-16(8-6-15)17-13-19-9-11-21(17)14-18(22)20-10-12-23-4-2;/h5-8,17,19H,3-4,9-14H2,1-2H3,(H,20,22);1H. The predicted octanol–water partition coefficient (Wildman–Crippen LogP) is 1.77. The van der Waals surface area contributed by atoms with Gasteiger partial charge in [0.05, 0.1) is 13.2 Å². The van der Waals surface area contributed by atoms with Crippen molar-refractivity contribution in [1.82, 2.24) is 15.5 Å². The summed E-state index contributed by atoms with van der Waals surface area (Å²) < 4.78 is 5.25. The summed E-state index contributed by atoms with van der Waals surface area (Å²) in [6.45, 7) is 9.09. The number of hydrogen-bond acceptors (Lipinski definition) is 4. The normalized spacial score (nSPS) is 18.0. The highest BCUT2D eigenvalue weighted by Crippen LogP contribution is 2.22. The number of ether oxygens (including phenoxy) is 1. The Hall–Kier alpha value is -1.14. The molecule has 1 heterocycles. The summed E-state index contributed by atoms with van der Waals surface area (Å²) in [5, 5.41) is 6.36. The molecule has 0 radical (unpaired) electrons. The van der Waals surface area contributed by atoms with Crippen LogP contribution in [0.4, 0.5) is 0 Å². The Morgan fingerprint density at radius 2 is 2.08 bits per heavy atom. The summed E-state index contributed by atoms with van der Waals surface area (Å²) in [7, 11) is 0. The molecule has 2 rings (SSSR count). The van der Waals surface area contributed by atoms with E-state index in [0.29, 0.717) is 26.3 Å². The predicted molar refractivity (Wildman–Crippen MR) is 99.8 cm³/mol. The van der Waals surface area contributed by atoms with Crippen molar-refractivity contribution in [2.45, 2.75) is 26.3 Å². The number of amides is 1. The Balaban J connectivity index is 0.00000288. The van der Waals surface area contributed by atoms with E-state index in [1.54, 1.807) is 0 Å². The van der Waals surface area contributed by atoms with E-state index in [9.17, 15) is 4.79 Å². The van der Waals surface area contributed by atoms with Gasteiger partial charge >= 0.3 is 0 Å². The Kier molecular flexibility index (Phi) is 9.95. The zero-order chi connectivity index (χ0) is 16.5. The van der Waals surface area contributed by atoms with E-state index in [4.69, 9.17) is 4.74 Å². The van der Waals surface area contributed by atoms with E-state index < -0.39 is 0 Å². The molecule has 1 aromatic carbocycles. The largest absolute Gasteiger partial charge is 0.380 e. The van der Waals surface area contributed by atoms with Gasteiger partial charge < -0.3 is 15.4 Å². The molecule has 24 heavy (non-hydrogen) atoms. The quantitative estimate of drug-likeness (QED) is 0.698. The van der Waals surface area contributed by atoms with Crippen LogP contribution in [0.3, 0.4) is 0 Å². The van der Waals surface area contributed by atoms with E-state index in [-0.39, 0.29) is 24.4 Å². The van der Waals surface area contributed by atoms with Gasteiger partial charge in [0.2, 0.25) is 5.91 Å². The second-order valence-corrected chi connectivity index (χ2v) is 5.83. The fraction of sp³-hybridized carbons (Fsp3) is 0.611. The lowest BCUT2D eigenvalue weighted by molar-refractivity contribution is -0.123. The lowest BCUT2D eigenvalue weighted by atomic mass is 10.0. The molecule has 2 N–H and O–H groups in total. The first kappa shape index (κ1) is 20.9. The van der Waals surface area contributed by atoms with Gasteiger partial charge in [0.1, 0.15) is 0 Å². The number of hydrogen-bond donors (Lipinski definition) is 2. The Bertz CT molecular complexity index is 482. The molecule has 1 aliphatic rings. The minimum Gasteiger partial charge on any atom is -0.380 e. The van der Waals surface area contributed by atoms with Crippen LogP contribution in [0.5, 0.6) is 0 Å². The zero-order valence-corrected chi connectivity index (χ0v) is 15.5. The van der Waals surface area contributed by atoms with Crippen LogP contribution in [-0.2, 0) is 16.0 Å². The number of rotatable bonds is 8. The van der Waals surface area contributed by atoms with Crippen LogP contribution >= 0.6 is 12.4 Å². The molecule has 1 aliphatic heterocycles. The molecule has 6 heteroatoms. The fourth-order valence-electron chi connectivity index (χ4n) is 2.89. The van der Waals surface area contributed by atoms with Crippen molar-refractivity contribution < 1.29 is 9.53 Å². The van der Waals surface area contributed by atoms with Crippen molar-refractivity contribution in [3.63, 3.8) is 0 Å². The third-order valence-electron chi connectivity index (χ3n) is 4.25. The number of piperazine rings is 1. The summed E-state index contributed by atoms with van der Waals surface area (Å²) in [5.74, 6) is 0.0711. The van der Waals surface area contributed by atoms with Gasteiger partial charge in [0.15, 0.2) is 0 Å². The van der Waals surface area contributed by atoms with Crippen molar-refractivity contribution in [3.05, 3.63) is 35.4 Å². The molecule has 1 fully saturated rings. The molecule has 0 spiro atoms. The summed E-state index contributed by atoms with van der Waals surface area (Å²) >= 11 is 0. The fourth-order valence-corrected chi connectivity index (χ4v) is 2.89. The number of nitrogens with zero attached hydrogens (tertiary/aromatic N) is 1. The van der Waals surface area contributed by atoms with Crippen molar-refractivity contribution in [2.75, 3.05) is 45.9 Å². The van der Waals surface area contributed by atoms with E-state index in [1.807, 2.05) is 6.92 Å². The number of carbonyl (C=O) groups excluding carboxylic acids is 1. The molecule has 0 aromatic heterocycles. The van der Waals surface area contributed by atoms with E-state index in [1.165, 1.54) is 11.1 Å². The third-order valence-corrected chi connectivity index (χ3v) is 4.25. The minimum atomic E-state index is 0. The second kappa shape index (κ2) is 11.4. The first-order chi connectivity index (χ1) is 11.2. The van der Waals surface area contributed by atoms with Crippen LogP contribution in [0, 0.1) is 0 Å². The highest BCUT2D eigenvalue weighted by atomic mass is 35.5. The summed E-state index contributed by atoms with van der Waals surface area (Å²) in [5.41, 5.74) is 2.62. The van der Waals surface area contributed by atoms with Crippen molar-refractivity contribution in [2.24, 2.45) is 0 Å². The summed E-state index contributed by atoms with van der Waals surface area (Å²) in [6, 6.07) is 9.01. The Labute approximate surface area is 151 Å². The molecule has 5 nitrogen and oxygen atoms in total. The number of benzene rings is 1. The molecule has 1 saturated heterocycles. The molecule has 1 amide bonds. The summed E-state index contributed by atoms with van der Waals surface area (Å²) in [6.07, 6.45) is 1.05. The Morgan fingerprint density at radius 1 is 1.33 bits per heavy atom. The molecule has 136 valence electrons. The average molecular weight is 356 g/mol. The van der Waals surface area contributed by atoms with Crippen LogP contribution < -0.4 is 10.6 Å². The van der Waals surface area contributed by atoms with Gasteiger partial charge in [0.25, 0.3) is 0 Å². The minimum absolute atomic E-state index is 0. The maximum atomic E-state index is 12.1. The van der Waals surface area contributed by atoms with Crippen LogP contribution in [0.1, 0.15) is 31.0 Å².